The van der Waals surface area contributed by atoms with Gasteiger partial charge in [-0.3, -0.25) is 9.78 Å². The molecule has 1 N–H and O–H groups in total. The smallest absolute Gasteiger partial charge is 0.256 e. The Balaban J connectivity index is 1.46. The minimum absolute atomic E-state index is 0.121. The van der Waals surface area contributed by atoms with Crippen LogP contribution in [0, 0.1) is 11.8 Å². The van der Waals surface area contributed by atoms with Crippen LogP contribution in [-0.2, 0) is 13.0 Å². The molecular weight excluding hydrogens is 382 g/mol. The first-order chi connectivity index (χ1) is 14.2. The molecule has 5 heteroatoms. The second kappa shape index (κ2) is 8.08. The van der Waals surface area contributed by atoms with Gasteiger partial charge in [0, 0.05) is 25.5 Å². The van der Waals surface area contributed by atoms with Gasteiger partial charge in [-0.1, -0.05) is 17.7 Å². The van der Waals surface area contributed by atoms with Crippen molar-refractivity contribution in [1.82, 2.24) is 15.2 Å². The number of aromatic nitrogens is 1. The molecule has 1 atom stereocenters. The predicted molar refractivity (Wildman–Crippen MR) is 115 cm³/mol. The summed E-state index contributed by atoms with van der Waals surface area (Å²) in [4.78, 5) is 19.1. The Hall–Kier alpha value is -1.91. The number of hydrogen-bond donors (Lipinski definition) is 1. The Morgan fingerprint density at radius 3 is 2.62 bits per heavy atom. The number of carbonyl (C=O) groups excluding carboxylic acids is 1. The van der Waals surface area contributed by atoms with Crippen LogP contribution in [0.15, 0.2) is 36.7 Å². The van der Waals surface area contributed by atoms with Crippen molar-refractivity contribution in [3.8, 4) is 0 Å². The lowest BCUT2D eigenvalue weighted by Gasteiger charge is -2.31. The summed E-state index contributed by atoms with van der Waals surface area (Å²) in [6.07, 6.45) is 9.60. The number of halogens is 1. The van der Waals surface area contributed by atoms with Gasteiger partial charge in [-0.15, -0.1) is 0 Å². The van der Waals surface area contributed by atoms with Crippen molar-refractivity contribution in [3.63, 3.8) is 0 Å². The Morgan fingerprint density at radius 1 is 1.14 bits per heavy atom. The molecule has 2 fully saturated rings. The van der Waals surface area contributed by atoms with E-state index in [1.807, 2.05) is 17.3 Å². The van der Waals surface area contributed by atoms with Gasteiger partial charge in [0.05, 0.1) is 10.6 Å². The molecule has 3 heterocycles. The number of pyridine rings is 1. The Bertz CT molecular complexity index is 890. The molecule has 1 saturated carbocycles. The van der Waals surface area contributed by atoms with Crippen molar-refractivity contribution >= 4 is 17.5 Å². The summed E-state index contributed by atoms with van der Waals surface area (Å²) in [7, 11) is 0. The summed E-state index contributed by atoms with van der Waals surface area (Å²) >= 11 is 6.70. The van der Waals surface area contributed by atoms with Crippen molar-refractivity contribution < 1.29 is 4.79 Å². The van der Waals surface area contributed by atoms with Crippen LogP contribution in [0.25, 0.3) is 0 Å². The zero-order valence-electron chi connectivity index (χ0n) is 16.7. The number of fused-ring (bicyclic) bond motifs is 1. The van der Waals surface area contributed by atoms with Crippen molar-refractivity contribution in [2.24, 2.45) is 11.8 Å². The van der Waals surface area contributed by atoms with Crippen LogP contribution in [0.4, 0.5) is 0 Å². The fourth-order valence-corrected chi connectivity index (χ4v) is 5.36. The standard InChI is InChI=1S/C24H28ClN3O/c25-22-13-19(12-20-15-28(14-17-1-2-17)24(29)23(20)22)21(18-5-9-27-10-6-18)11-16-3-7-26-8-4-16/h3-4,7-8,12-13,17-18,21,27H,1-2,5-6,9-11,14-15H2. The maximum Gasteiger partial charge on any atom is 0.256 e. The van der Waals surface area contributed by atoms with Crippen LogP contribution in [-0.4, -0.2) is 35.4 Å². The highest BCUT2D eigenvalue weighted by Gasteiger charge is 2.35. The molecule has 29 heavy (non-hydrogen) atoms. The van der Waals surface area contributed by atoms with Crippen LogP contribution in [0.3, 0.4) is 0 Å². The summed E-state index contributed by atoms with van der Waals surface area (Å²) < 4.78 is 0. The van der Waals surface area contributed by atoms with E-state index < -0.39 is 0 Å². The van der Waals surface area contributed by atoms with Gasteiger partial charge < -0.3 is 10.2 Å². The van der Waals surface area contributed by atoms with E-state index in [1.165, 1.54) is 36.8 Å². The average molecular weight is 410 g/mol. The van der Waals surface area contributed by atoms with Gasteiger partial charge in [0.1, 0.15) is 0 Å². The highest BCUT2D eigenvalue weighted by atomic mass is 35.5. The van der Waals surface area contributed by atoms with E-state index in [-0.39, 0.29) is 5.91 Å². The van der Waals surface area contributed by atoms with Gasteiger partial charge >= 0.3 is 0 Å². The number of benzene rings is 1. The van der Waals surface area contributed by atoms with Crippen molar-refractivity contribution in [2.75, 3.05) is 19.6 Å². The van der Waals surface area contributed by atoms with E-state index in [1.54, 1.807) is 0 Å². The Labute approximate surface area is 177 Å². The summed E-state index contributed by atoms with van der Waals surface area (Å²) in [5, 5.41) is 4.12. The number of rotatable bonds is 6. The molecule has 0 spiro atoms. The van der Waals surface area contributed by atoms with Crippen LogP contribution in [0.2, 0.25) is 5.02 Å². The van der Waals surface area contributed by atoms with E-state index in [9.17, 15) is 4.79 Å². The van der Waals surface area contributed by atoms with Gasteiger partial charge in [-0.2, -0.15) is 0 Å². The topological polar surface area (TPSA) is 45.2 Å². The molecular formula is C24H28ClN3O. The monoisotopic (exact) mass is 409 g/mol. The van der Waals surface area contributed by atoms with E-state index in [2.05, 4.69) is 34.6 Å². The number of nitrogens with zero attached hydrogens (tertiary/aromatic N) is 2. The zero-order chi connectivity index (χ0) is 19.8. The molecule has 1 aliphatic carbocycles. The Kier molecular flexibility index (Phi) is 5.31. The first-order valence-electron chi connectivity index (χ1n) is 10.9. The molecule has 1 unspecified atom stereocenters. The van der Waals surface area contributed by atoms with E-state index >= 15 is 0 Å². The molecule has 0 radical (unpaired) electrons. The summed E-state index contributed by atoms with van der Waals surface area (Å²) in [6.45, 7) is 3.74. The molecule has 1 aromatic carbocycles. The van der Waals surface area contributed by atoms with Crippen molar-refractivity contribution in [2.45, 2.75) is 44.6 Å². The largest absolute Gasteiger partial charge is 0.334 e. The van der Waals surface area contributed by atoms with E-state index in [0.29, 0.717) is 29.3 Å². The fourth-order valence-electron chi connectivity index (χ4n) is 5.04. The molecule has 4 nitrogen and oxygen atoms in total. The Morgan fingerprint density at radius 2 is 1.90 bits per heavy atom. The minimum Gasteiger partial charge on any atom is -0.334 e. The average Bonchev–Trinajstić information content (AvgIpc) is 3.50. The highest BCUT2D eigenvalue weighted by molar-refractivity contribution is 6.34. The van der Waals surface area contributed by atoms with E-state index in [0.717, 1.165) is 37.2 Å². The maximum atomic E-state index is 12.9. The summed E-state index contributed by atoms with van der Waals surface area (Å²) in [6, 6.07) is 8.58. The molecule has 1 aromatic heterocycles. The van der Waals surface area contributed by atoms with Gasteiger partial charge in [-0.05, 0) is 97.8 Å². The molecule has 152 valence electrons. The third-order valence-corrected chi connectivity index (χ3v) is 7.12. The van der Waals surface area contributed by atoms with Gasteiger partial charge in [0.15, 0.2) is 0 Å². The van der Waals surface area contributed by atoms with Crippen LogP contribution < -0.4 is 5.32 Å². The highest BCUT2D eigenvalue weighted by Crippen LogP contribution is 2.40. The second-order valence-corrected chi connectivity index (χ2v) is 9.33. The quantitative estimate of drug-likeness (QED) is 0.767. The van der Waals surface area contributed by atoms with Gasteiger partial charge in [0.2, 0.25) is 0 Å². The number of carbonyl (C=O) groups is 1. The predicted octanol–water partition coefficient (Wildman–Crippen LogP) is 4.43. The summed E-state index contributed by atoms with van der Waals surface area (Å²) in [5.41, 5.74) is 4.46. The molecule has 2 aliphatic heterocycles. The van der Waals surface area contributed by atoms with E-state index in [4.69, 9.17) is 11.6 Å². The minimum atomic E-state index is 0.121. The number of nitrogens with one attached hydrogen (secondary N) is 1. The molecule has 0 bridgehead atoms. The maximum absolute atomic E-state index is 12.9. The van der Waals surface area contributed by atoms with Crippen molar-refractivity contribution in [1.29, 1.82) is 0 Å². The lowest BCUT2D eigenvalue weighted by molar-refractivity contribution is 0.0771. The normalized spacial score (nSPS) is 20.7. The molecule has 2 aromatic rings. The van der Waals surface area contributed by atoms with Gasteiger partial charge in [-0.25, -0.2) is 0 Å². The fraction of sp³-hybridized carbons (Fsp3) is 0.500. The lowest BCUT2D eigenvalue weighted by atomic mass is 9.76. The third kappa shape index (κ3) is 4.06. The van der Waals surface area contributed by atoms with Crippen LogP contribution >= 0.6 is 11.6 Å². The van der Waals surface area contributed by atoms with Crippen LogP contribution in [0.1, 0.15) is 58.6 Å². The first-order valence-corrected chi connectivity index (χ1v) is 11.3. The van der Waals surface area contributed by atoms with Crippen molar-refractivity contribution in [3.05, 3.63) is 63.9 Å². The molecule has 3 aliphatic rings. The number of hydrogen-bond acceptors (Lipinski definition) is 3. The number of amides is 1. The summed E-state index contributed by atoms with van der Waals surface area (Å²) in [5.74, 6) is 1.85. The second-order valence-electron chi connectivity index (χ2n) is 8.92. The molecule has 1 saturated heterocycles. The lowest BCUT2D eigenvalue weighted by Crippen LogP contribution is -2.31. The molecule has 1 amide bonds. The zero-order valence-corrected chi connectivity index (χ0v) is 17.5. The SMILES string of the molecule is O=C1c2c(Cl)cc(C(Cc3ccncc3)C3CCNCC3)cc2CN1CC1CC1. The van der Waals surface area contributed by atoms with Gasteiger partial charge in [0.25, 0.3) is 5.91 Å². The third-order valence-electron chi connectivity index (χ3n) is 6.82. The van der Waals surface area contributed by atoms with Crippen LogP contribution in [0.5, 0.6) is 0 Å². The molecule has 5 rings (SSSR count). The number of piperidine rings is 1. The first kappa shape index (κ1) is 19.1.